The van der Waals surface area contributed by atoms with Gasteiger partial charge in [0, 0.05) is 31.2 Å². The molecule has 0 aromatic carbocycles. The van der Waals surface area contributed by atoms with Gasteiger partial charge in [-0.2, -0.15) is 0 Å². The predicted octanol–water partition coefficient (Wildman–Crippen LogP) is 1.66. The van der Waals surface area contributed by atoms with Crippen LogP contribution in [0.4, 0.5) is 0 Å². The van der Waals surface area contributed by atoms with Crippen LogP contribution in [0.5, 0.6) is 5.88 Å². The molecular weight excluding hydrogens is 226 g/mol. The lowest BCUT2D eigenvalue weighted by molar-refractivity contribution is 0.196. The number of ether oxygens (including phenoxy) is 1. The van der Waals surface area contributed by atoms with Gasteiger partial charge in [0.2, 0.25) is 5.88 Å². The van der Waals surface area contributed by atoms with Gasteiger partial charge in [0.1, 0.15) is 0 Å². The summed E-state index contributed by atoms with van der Waals surface area (Å²) in [5.74, 6) is 0.696. The minimum absolute atomic E-state index is 0.542. The van der Waals surface area contributed by atoms with Crippen LogP contribution in [0.2, 0.25) is 0 Å². The SMILES string of the molecule is COc1cccc(CN2CC(C)NCCC2C)n1. The van der Waals surface area contributed by atoms with Gasteiger partial charge >= 0.3 is 0 Å². The van der Waals surface area contributed by atoms with E-state index in [1.54, 1.807) is 7.11 Å². The smallest absolute Gasteiger partial charge is 0.213 e. The Morgan fingerprint density at radius 2 is 2.28 bits per heavy atom. The summed E-state index contributed by atoms with van der Waals surface area (Å²) in [4.78, 5) is 6.98. The van der Waals surface area contributed by atoms with Crippen LogP contribution in [-0.4, -0.2) is 42.2 Å². The summed E-state index contributed by atoms with van der Waals surface area (Å²) in [5.41, 5.74) is 1.08. The van der Waals surface area contributed by atoms with E-state index in [1.807, 2.05) is 12.1 Å². The Balaban J connectivity index is 2.05. The molecule has 0 radical (unpaired) electrons. The van der Waals surface area contributed by atoms with Crippen molar-refractivity contribution in [1.29, 1.82) is 0 Å². The van der Waals surface area contributed by atoms with Crippen LogP contribution in [0.3, 0.4) is 0 Å². The van der Waals surface area contributed by atoms with Crippen LogP contribution in [-0.2, 0) is 6.54 Å². The highest BCUT2D eigenvalue weighted by Gasteiger charge is 2.20. The van der Waals surface area contributed by atoms with E-state index in [4.69, 9.17) is 4.74 Å². The molecular formula is C14H23N3O. The Bertz CT molecular complexity index is 383. The molecule has 1 fully saturated rings. The van der Waals surface area contributed by atoms with Crippen LogP contribution < -0.4 is 10.1 Å². The largest absolute Gasteiger partial charge is 0.481 e. The monoisotopic (exact) mass is 249 g/mol. The second-order valence-corrected chi connectivity index (χ2v) is 5.09. The summed E-state index contributed by atoms with van der Waals surface area (Å²) in [7, 11) is 1.66. The van der Waals surface area contributed by atoms with Crippen LogP contribution in [0, 0.1) is 0 Å². The molecule has 1 aliphatic heterocycles. The van der Waals surface area contributed by atoms with Crippen molar-refractivity contribution in [2.45, 2.75) is 38.9 Å². The molecule has 1 aromatic heterocycles. The second kappa shape index (κ2) is 6.16. The van der Waals surface area contributed by atoms with Gasteiger partial charge in [-0.1, -0.05) is 6.07 Å². The van der Waals surface area contributed by atoms with Gasteiger partial charge in [-0.25, -0.2) is 4.98 Å². The van der Waals surface area contributed by atoms with E-state index in [0.29, 0.717) is 18.0 Å². The van der Waals surface area contributed by atoms with Crippen molar-refractivity contribution in [2.75, 3.05) is 20.2 Å². The maximum absolute atomic E-state index is 5.17. The average Bonchev–Trinajstić information content (AvgIpc) is 2.52. The molecule has 2 heterocycles. The van der Waals surface area contributed by atoms with E-state index in [-0.39, 0.29) is 0 Å². The van der Waals surface area contributed by atoms with Crippen LogP contribution in [0.1, 0.15) is 26.0 Å². The number of hydrogen-bond donors (Lipinski definition) is 1. The first kappa shape index (κ1) is 13.3. The first-order valence-corrected chi connectivity index (χ1v) is 6.66. The summed E-state index contributed by atoms with van der Waals surface area (Å²) in [6.45, 7) is 7.60. The van der Waals surface area contributed by atoms with Crippen molar-refractivity contribution in [1.82, 2.24) is 15.2 Å². The zero-order valence-electron chi connectivity index (χ0n) is 11.5. The number of hydrogen-bond acceptors (Lipinski definition) is 4. The molecule has 0 bridgehead atoms. The number of methoxy groups -OCH3 is 1. The average molecular weight is 249 g/mol. The van der Waals surface area contributed by atoms with Gasteiger partial charge in [-0.3, -0.25) is 4.90 Å². The molecule has 2 unspecified atom stereocenters. The van der Waals surface area contributed by atoms with E-state index in [0.717, 1.165) is 25.3 Å². The molecule has 1 N–H and O–H groups in total. The number of nitrogens with one attached hydrogen (secondary N) is 1. The molecule has 18 heavy (non-hydrogen) atoms. The maximum atomic E-state index is 5.17. The lowest BCUT2D eigenvalue weighted by atomic mass is 10.2. The molecule has 0 aliphatic carbocycles. The summed E-state index contributed by atoms with van der Waals surface area (Å²) in [6.07, 6.45) is 1.19. The lowest BCUT2D eigenvalue weighted by Crippen LogP contribution is -2.38. The number of nitrogens with zero attached hydrogens (tertiary/aromatic N) is 2. The van der Waals surface area contributed by atoms with Gasteiger partial charge in [0.25, 0.3) is 0 Å². The maximum Gasteiger partial charge on any atom is 0.213 e. The Labute approximate surface area is 109 Å². The quantitative estimate of drug-likeness (QED) is 0.884. The number of pyridine rings is 1. The summed E-state index contributed by atoms with van der Waals surface area (Å²) < 4.78 is 5.17. The Morgan fingerprint density at radius 3 is 3.06 bits per heavy atom. The van der Waals surface area contributed by atoms with Gasteiger partial charge in [-0.15, -0.1) is 0 Å². The molecule has 2 rings (SSSR count). The van der Waals surface area contributed by atoms with Gasteiger partial charge in [-0.05, 0) is 32.9 Å². The number of rotatable bonds is 3. The highest BCUT2D eigenvalue weighted by Crippen LogP contribution is 2.14. The fourth-order valence-electron chi connectivity index (χ4n) is 2.41. The summed E-state index contributed by atoms with van der Waals surface area (Å²) >= 11 is 0. The summed E-state index contributed by atoms with van der Waals surface area (Å²) in [6, 6.07) is 7.10. The minimum Gasteiger partial charge on any atom is -0.481 e. The van der Waals surface area contributed by atoms with E-state index < -0.39 is 0 Å². The van der Waals surface area contributed by atoms with E-state index >= 15 is 0 Å². The zero-order chi connectivity index (χ0) is 13.0. The standard InChI is InChI=1S/C14H23N3O/c1-11-9-17(12(2)7-8-15-11)10-13-5-4-6-14(16-13)18-3/h4-6,11-12,15H,7-10H2,1-3H3. The third kappa shape index (κ3) is 3.43. The van der Waals surface area contributed by atoms with Gasteiger partial charge < -0.3 is 10.1 Å². The number of aromatic nitrogens is 1. The highest BCUT2D eigenvalue weighted by molar-refractivity contribution is 5.15. The molecule has 0 spiro atoms. The predicted molar refractivity (Wildman–Crippen MR) is 72.7 cm³/mol. The third-order valence-corrected chi connectivity index (χ3v) is 3.54. The van der Waals surface area contributed by atoms with Crippen LogP contribution in [0.25, 0.3) is 0 Å². The molecule has 0 saturated carbocycles. The topological polar surface area (TPSA) is 37.4 Å². The van der Waals surface area contributed by atoms with Crippen molar-refractivity contribution >= 4 is 0 Å². The van der Waals surface area contributed by atoms with Crippen molar-refractivity contribution in [2.24, 2.45) is 0 Å². The fourth-order valence-corrected chi connectivity index (χ4v) is 2.41. The molecule has 1 saturated heterocycles. The molecule has 100 valence electrons. The van der Waals surface area contributed by atoms with Crippen molar-refractivity contribution in [3.05, 3.63) is 23.9 Å². The van der Waals surface area contributed by atoms with E-state index in [9.17, 15) is 0 Å². The first-order valence-electron chi connectivity index (χ1n) is 6.66. The van der Waals surface area contributed by atoms with Crippen molar-refractivity contribution in [3.8, 4) is 5.88 Å². The molecule has 4 nitrogen and oxygen atoms in total. The minimum atomic E-state index is 0.542. The Kier molecular flexibility index (Phi) is 4.55. The normalized spacial score (nSPS) is 25.7. The molecule has 4 heteroatoms. The highest BCUT2D eigenvalue weighted by atomic mass is 16.5. The molecule has 0 amide bonds. The molecule has 1 aromatic rings. The fraction of sp³-hybridized carbons (Fsp3) is 0.643. The van der Waals surface area contributed by atoms with Crippen molar-refractivity contribution in [3.63, 3.8) is 0 Å². The second-order valence-electron chi connectivity index (χ2n) is 5.09. The Hall–Kier alpha value is -1.13. The van der Waals surface area contributed by atoms with Crippen molar-refractivity contribution < 1.29 is 4.74 Å². The summed E-state index contributed by atoms with van der Waals surface area (Å²) in [5, 5.41) is 3.53. The van der Waals surface area contributed by atoms with Crippen LogP contribution in [0.15, 0.2) is 18.2 Å². The molecule has 1 aliphatic rings. The van der Waals surface area contributed by atoms with E-state index in [1.165, 1.54) is 6.42 Å². The lowest BCUT2D eigenvalue weighted by Gasteiger charge is -2.27. The third-order valence-electron chi connectivity index (χ3n) is 3.54. The Morgan fingerprint density at radius 1 is 1.44 bits per heavy atom. The van der Waals surface area contributed by atoms with E-state index in [2.05, 4.69) is 35.1 Å². The molecule has 2 atom stereocenters. The first-order chi connectivity index (χ1) is 8.69. The van der Waals surface area contributed by atoms with Gasteiger partial charge in [0.15, 0.2) is 0 Å². The zero-order valence-corrected chi connectivity index (χ0v) is 11.5. The van der Waals surface area contributed by atoms with Crippen LogP contribution >= 0.6 is 0 Å². The van der Waals surface area contributed by atoms with Gasteiger partial charge in [0.05, 0.1) is 12.8 Å².